The normalized spacial score (nSPS) is 10.8. The number of hydrogen-bond acceptors (Lipinski definition) is 4. The van der Waals surface area contributed by atoms with E-state index in [0.717, 1.165) is 24.2 Å². The highest BCUT2D eigenvalue weighted by Crippen LogP contribution is 2.26. The number of esters is 1. The van der Waals surface area contributed by atoms with Crippen LogP contribution in [0.15, 0.2) is 72.8 Å². The van der Waals surface area contributed by atoms with Gasteiger partial charge in [-0.05, 0) is 72.7 Å². The summed E-state index contributed by atoms with van der Waals surface area (Å²) in [5.41, 5.74) is 1.64. The summed E-state index contributed by atoms with van der Waals surface area (Å²) < 4.78 is 10.9. The fraction of sp³-hybridized carbons (Fsp3) is 0.154. The first-order valence-electron chi connectivity index (χ1n) is 10.4. The molecule has 0 saturated heterocycles. The van der Waals surface area contributed by atoms with Crippen LogP contribution in [0.25, 0.3) is 6.08 Å². The number of benzene rings is 3. The van der Waals surface area contributed by atoms with Gasteiger partial charge in [-0.25, -0.2) is 4.79 Å². The maximum absolute atomic E-state index is 12.4. The van der Waals surface area contributed by atoms with Crippen molar-refractivity contribution in [2.75, 3.05) is 11.9 Å². The smallest absolute Gasteiger partial charge is 0.336 e. The quantitative estimate of drug-likeness (QED) is 0.153. The molecule has 0 radical (unpaired) electrons. The molecule has 33 heavy (non-hydrogen) atoms. The Kier molecular flexibility index (Phi) is 8.93. The summed E-state index contributed by atoms with van der Waals surface area (Å²) in [5.74, 6) is 0.229. The minimum atomic E-state index is -0.527. The monoisotopic (exact) mass is 483 g/mol. The Labute approximate surface area is 202 Å². The van der Waals surface area contributed by atoms with Crippen LogP contribution >= 0.6 is 23.2 Å². The molecule has 0 bridgehead atoms. The minimum Gasteiger partial charge on any atom is -0.494 e. The highest BCUT2D eigenvalue weighted by Gasteiger charge is 2.10. The Morgan fingerprint density at radius 2 is 1.64 bits per heavy atom. The van der Waals surface area contributed by atoms with Crippen LogP contribution in [0.2, 0.25) is 10.0 Å². The van der Waals surface area contributed by atoms with Gasteiger partial charge in [0.05, 0.1) is 17.3 Å². The topological polar surface area (TPSA) is 64.6 Å². The van der Waals surface area contributed by atoms with Gasteiger partial charge in [-0.15, -0.1) is 0 Å². The van der Waals surface area contributed by atoms with E-state index >= 15 is 0 Å². The zero-order valence-electron chi connectivity index (χ0n) is 18.0. The summed E-state index contributed by atoms with van der Waals surface area (Å²) in [6, 6.07) is 18.5. The largest absolute Gasteiger partial charge is 0.494 e. The zero-order valence-corrected chi connectivity index (χ0v) is 19.5. The summed E-state index contributed by atoms with van der Waals surface area (Å²) in [6.07, 6.45) is 5.09. The number of halogens is 2. The first-order chi connectivity index (χ1) is 15.9. The molecular formula is C26H23Cl2NO4. The molecule has 7 heteroatoms. The lowest BCUT2D eigenvalue weighted by molar-refractivity contribution is -0.128. The molecule has 5 nitrogen and oxygen atoms in total. The van der Waals surface area contributed by atoms with Gasteiger partial charge in [-0.2, -0.15) is 0 Å². The molecule has 0 spiro atoms. The van der Waals surface area contributed by atoms with E-state index in [1.807, 2.05) is 24.3 Å². The second-order valence-electron chi connectivity index (χ2n) is 7.13. The van der Waals surface area contributed by atoms with Crippen molar-refractivity contribution in [1.29, 1.82) is 0 Å². The summed E-state index contributed by atoms with van der Waals surface area (Å²) in [4.78, 5) is 24.5. The van der Waals surface area contributed by atoms with E-state index in [4.69, 9.17) is 32.7 Å². The number of unbranched alkanes of at least 4 members (excludes halogenated alkanes) is 1. The lowest BCUT2D eigenvalue weighted by Gasteiger charge is -2.08. The van der Waals surface area contributed by atoms with Gasteiger partial charge < -0.3 is 14.8 Å². The van der Waals surface area contributed by atoms with E-state index in [1.165, 1.54) is 6.08 Å². The van der Waals surface area contributed by atoms with Crippen LogP contribution in [-0.4, -0.2) is 18.5 Å². The summed E-state index contributed by atoms with van der Waals surface area (Å²) in [7, 11) is 0. The van der Waals surface area contributed by atoms with Crippen LogP contribution < -0.4 is 14.8 Å². The van der Waals surface area contributed by atoms with Crippen molar-refractivity contribution in [3.8, 4) is 11.5 Å². The molecule has 170 valence electrons. The molecule has 0 atom stereocenters. The molecular weight excluding hydrogens is 461 g/mol. The third-order valence-electron chi connectivity index (χ3n) is 4.57. The molecule has 1 N–H and O–H groups in total. The summed E-state index contributed by atoms with van der Waals surface area (Å²) in [5, 5.41) is 3.54. The number of nitrogens with one attached hydrogen (secondary N) is 1. The Hall–Kier alpha value is -3.28. The van der Waals surface area contributed by atoms with Crippen LogP contribution in [-0.2, 0) is 4.79 Å². The van der Waals surface area contributed by atoms with Crippen LogP contribution in [0.5, 0.6) is 11.5 Å². The van der Waals surface area contributed by atoms with Crippen molar-refractivity contribution in [2.24, 2.45) is 0 Å². The lowest BCUT2D eigenvalue weighted by atomic mass is 10.2. The van der Waals surface area contributed by atoms with E-state index in [2.05, 4.69) is 12.2 Å². The number of ether oxygens (including phenoxy) is 2. The number of amides is 1. The van der Waals surface area contributed by atoms with Crippen LogP contribution in [0.3, 0.4) is 0 Å². The number of carbonyl (C=O) groups is 2. The first kappa shape index (κ1) is 24.4. The summed E-state index contributed by atoms with van der Waals surface area (Å²) >= 11 is 12.0. The van der Waals surface area contributed by atoms with Gasteiger partial charge in [-0.1, -0.05) is 48.7 Å². The second-order valence-corrected chi connectivity index (χ2v) is 7.97. The van der Waals surface area contributed by atoms with E-state index < -0.39 is 5.97 Å². The Morgan fingerprint density at radius 1 is 0.939 bits per heavy atom. The number of hydrogen-bond donors (Lipinski definition) is 1. The highest BCUT2D eigenvalue weighted by atomic mass is 35.5. The second kappa shape index (κ2) is 12.1. The molecule has 0 aromatic heterocycles. The molecule has 3 aromatic carbocycles. The molecule has 0 fully saturated rings. The fourth-order valence-corrected chi connectivity index (χ4v) is 3.12. The van der Waals surface area contributed by atoms with Crippen molar-refractivity contribution in [2.45, 2.75) is 19.8 Å². The molecule has 0 aliphatic heterocycles. The fourth-order valence-electron chi connectivity index (χ4n) is 2.79. The average Bonchev–Trinajstić information content (AvgIpc) is 2.81. The third kappa shape index (κ3) is 7.67. The lowest BCUT2D eigenvalue weighted by Crippen LogP contribution is -2.12. The number of anilines is 1. The molecule has 0 unspecified atom stereocenters. The van der Waals surface area contributed by atoms with Crippen molar-refractivity contribution >= 4 is 46.8 Å². The SMILES string of the molecule is CCCCOc1ccc(/C=C/C(=O)Oc2ccc(C(=O)Nc3cc(Cl)ccc3Cl)cc2)cc1. The van der Waals surface area contributed by atoms with Gasteiger partial charge >= 0.3 is 5.97 Å². The van der Waals surface area contributed by atoms with Crippen molar-refractivity contribution in [3.05, 3.63) is 94.0 Å². The van der Waals surface area contributed by atoms with Crippen LogP contribution in [0.1, 0.15) is 35.7 Å². The maximum Gasteiger partial charge on any atom is 0.336 e. The molecule has 1 amide bonds. The van der Waals surface area contributed by atoms with Gasteiger partial charge in [-0.3, -0.25) is 4.79 Å². The molecule has 3 aromatic rings. The van der Waals surface area contributed by atoms with Crippen molar-refractivity contribution in [3.63, 3.8) is 0 Å². The van der Waals surface area contributed by atoms with Gasteiger partial charge in [0.25, 0.3) is 5.91 Å². The van der Waals surface area contributed by atoms with E-state index in [1.54, 1.807) is 48.5 Å². The van der Waals surface area contributed by atoms with Gasteiger partial charge in [0, 0.05) is 16.7 Å². The van der Waals surface area contributed by atoms with Gasteiger partial charge in [0.15, 0.2) is 0 Å². The number of carbonyl (C=O) groups excluding carboxylic acids is 2. The Morgan fingerprint density at radius 3 is 2.33 bits per heavy atom. The minimum absolute atomic E-state index is 0.321. The average molecular weight is 484 g/mol. The predicted molar refractivity (Wildman–Crippen MR) is 132 cm³/mol. The van der Waals surface area contributed by atoms with Crippen LogP contribution in [0, 0.1) is 0 Å². The number of rotatable bonds is 9. The Bertz CT molecular complexity index is 1130. The van der Waals surface area contributed by atoms with Gasteiger partial charge in [0.1, 0.15) is 11.5 Å². The van der Waals surface area contributed by atoms with E-state index in [0.29, 0.717) is 33.7 Å². The molecule has 0 aliphatic carbocycles. The highest BCUT2D eigenvalue weighted by molar-refractivity contribution is 6.35. The molecule has 0 saturated carbocycles. The van der Waals surface area contributed by atoms with E-state index in [-0.39, 0.29) is 5.91 Å². The standard InChI is InChI=1S/C26H23Cl2NO4/c1-2-3-16-32-21-10-4-18(5-11-21)6-15-25(30)33-22-12-7-19(8-13-22)26(31)29-24-17-20(27)9-14-23(24)28/h4-15,17H,2-3,16H2,1H3,(H,29,31)/b15-6+. The molecule has 0 heterocycles. The summed E-state index contributed by atoms with van der Waals surface area (Å²) in [6.45, 7) is 2.80. The first-order valence-corrected chi connectivity index (χ1v) is 11.2. The third-order valence-corrected chi connectivity index (χ3v) is 5.13. The molecule has 0 aliphatic rings. The van der Waals surface area contributed by atoms with Crippen molar-refractivity contribution < 1.29 is 19.1 Å². The van der Waals surface area contributed by atoms with E-state index in [9.17, 15) is 9.59 Å². The maximum atomic E-state index is 12.4. The zero-order chi connectivity index (χ0) is 23.6. The van der Waals surface area contributed by atoms with Crippen molar-refractivity contribution in [1.82, 2.24) is 0 Å². The molecule has 3 rings (SSSR count). The Balaban J connectivity index is 1.53. The van der Waals surface area contributed by atoms with Crippen LogP contribution in [0.4, 0.5) is 5.69 Å². The predicted octanol–water partition coefficient (Wildman–Crippen LogP) is 7.04. The van der Waals surface area contributed by atoms with Gasteiger partial charge in [0.2, 0.25) is 0 Å².